The fourth-order valence-electron chi connectivity index (χ4n) is 2.33. The van der Waals surface area contributed by atoms with Crippen LogP contribution in [0.3, 0.4) is 0 Å². The normalized spacial score (nSPS) is 20.2. The molecule has 1 aliphatic rings. The molecule has 0 heterocycles. The van der Waals surface area contributed by atoms with Gasteiger partial charge >= 0.3 is 0 Å². The minimum atomic E-state index is -1.77. The number of rotatable bonds is 3. The molecule has 1 aromatic rings. The lowest BCUT2D eigenvalue weighted by Gasteiger charge is -2.39. The second kappa shape index (κ2) is 6.19. The molecular formula is C17H24BrClOSi. The van der Waals surface area contributed by atoms with Crippen LogP contribution in [-0.2, 0) is 4.43 Å². The average Bonchev–Trinajstić information content (AvgIpc) is 2.70. The first kappa shape index (κ1) is 17.3. The van der Waals surface area contributed by atoms with Gasteiger partial charge in [-0.25, -0.2) is 0 Å². The molecule has 2 rings (SSSR count). The number of hydrogen-bond acceptors (Lipinski definition) is 1. The summed E-state index contributed by atoms with van der Waals surface area (Å²) in [5, 5.41) is 1.00. The van der Waals surface area contributed by atoms with Gasteiger partial charge in [0.1, 0.15) is 0 Å². The molecule has 0 amide bonds. The first-order valence-electron chi connectivity index (χ1n) is 7.44. The minimum Gasteiger partial charge on any atom is -0.410 e. The zero-order valence-corrected chi connectivity index (χ0v) is 16.8. The van der Waals surface area contributed by atoms with Gasteiger partial charge in [-0.1, -0.05) is 60.4 Å². The van der Waals surface area contributed by atoms with E-state index in [1.807, 2.05) is 12.1 Å². The highest BCUT2D eigenvalue weighted by Gasteiger charge is 2.41. The SMILES string of the molecule is CC(C)(C)[Si](C)(C)OC1CCC(Br)=C1c1ccc(Cl)cc1. The zero-order valence-electron chi connectivity index (χ0n) is 13.5. The van der Waals surface area contributed by atoms with Gasteiger partial charge in [-0.2, -0.15) is 0 Å². The fourth-order valence-corrected chi connectivity index (χ4v) is 4.47. The van der Waals surface area contributed by atoms with Crippen molar-refractivity contribution in [3.8, 4) is 0 Å². The molecule has 4 heteroatoms. The van der Waals surface area contributed by atoms with Crippen molar-refractivity contribution in [2.75, 3.05) is 0 Å². The molecule has 21 heavy (non-hydrogen) atoms. The fraction of sp³-hybridized carbons (Fsp3) is 0.529. The summed E-state index contributed by atoms with van der Waals surface area (Å²) in [6.07, 6.45) is 2.31. The Bertz CT molecular complexity index is 543. The van der Waals surface area contributed by atoms with E-state index < -0.39 is 8.32 Å². The number of benzene rings is 1. The summed E-state index contributed by atoms with van der Waals surface area (Å²) in [5.41, 5.74) is 2.52. The van der Waals surface area contributed by atoms with Gasteiger partial charge in [0.25, 0.3) is 0 Å². The highest BCUT2D eigenvalue weighted by molar-refractivity contribution is 9.11. The molecule has 0 fully saturated rings. The minimum absolute atomic E-state index is 0.196. The lowest BCUT2D eigenvalue weighted by Crippen LogP contribution is -2.43. The Hall–Kier alpha value is -0.0931. The third kappa shape index (κ3) is 3.81. The van der Waals surface area contributed by atoms with Gasteiger partial charge in [0, 0.05) is 9.51 Å². The van der Waals surface area contributed by atoms with Gasteiger partial charge in [0.2, 0.25) is 0 Å². The van der Waals surface area contributed by atoms with E-state index in [2.05, 4.69) is 61.9 Å². The van der Waals surface area contributed by atoms with Crippen molar-refractivity contribution >= 4 is 41.4 Å². The Morgan fingerprint density at radius 1 is 1.19 bits per heavy atom. The van der Waals surface area contributed by atoms with Crippen LogP contribution < -0.4 is 0 Å². The molecular weight excluding hydrogens is 364 g/mol. The Labute approximate surface area is 143 Å². The summed E-state index contributed by atoms with van der Waals surface area (Å²) >= 11 is 9.75. The Morgan fingerprint density at radius 2 is 1.76 bits per heavy atom. The van der Waals surface area contributed by atoms with Gasteiger partial charge in [0.15, 0.2) is 8.32 Å². The van der Waals surface area contributed by atoms with Crippen LogP contribution in [0.1, 0.15) is 39.2 Å². The molecule has 116 valence electrons. The van der Waals surface area contributed by atoms with Crippen LogP contribution >= 0.6 is 27.5 Å². The number of hydrogen-bond donors (Lipinski definition) is 0. The highest BCUT2D eigenvalue weighted by atomic mass is 79.9. The first-order valence-corrected chi connectivity index (χ1v) is 11.5. The number of allylic oxidation sites excluding steroid dienone is 1. The standard InChI is InChI=1S/C17H24BrClOSi/c1-17(2,3)21(4,5)20-15-11-10-14(18)16(15)12-6-8-13(19)9-7-12/h6-9,15H,10-11H2,1-5H3. The summed E-state index contributed by atoms with van der Waals surface area (Å²) in [5.74, 6) is 0. The van der Waals surface area contributed by atoms with Crippen molar-refractivity contribution in [3.05, 3.63) is 39.3 Å². The predicted molar refractivity (Wildman–Crippen MR) is 98.6 cm³/mol. The maximum Gasteiger partial charge on any atom is 0.192 e. The predicted octanol–water partition coefficient (Wildman–Crippen LogP) is 6.63. The van der Waals surface area contributed by atoms with E-state index in [1.165, 1.54) is 15.6 Å². The van der Waals surface area contributed by atoms with E-state index in [0.29, 0.717) is 0 Å². The van der Waals surface area contributed by atoms with Crippen molar-refractivity contribution in [1.29, 1.82) is 0 Å². The van der Waals surface area contributed by atoms with Gasteiger partial charge in [0.05, 0.1) is 6.10 Å². The Morgan fingerprint density at radius 3 is 2.29 bits per heavy atom. The summed E-state index contributed by atoms with van der Waals surface area (Å²) in [6, 6.07) is 8.08. The topological polar surface area (TPSA) is 9.23 Å². The van der Waals surface area contributed by atoms with Crippen LogP contribution in [0, 0.1) is 0 Å². The van der Waals surface area contributed by atoms with Crippen molar-refractivity contribution < 1.29 is 4.43 Å². The number of halogens is 2. The zero-order chi connectivity index (χ0) is 15.8. The lowest BCUT2D eigenvalue weighted by molar-refractivity contribution is 0.232. The molecule has 0 saturated heterocycles. The van der Waals surface area contributed by atoms with Crippen LogP contribution in [-0.4, -0.2) is 14.4 Å². The summed E-state index contributed by atoms with van der Waals surface area (Å²) in [7, 11) is -1.77. The van der Waals surface area contributed by atoms with E-state index in [4.69, 9.17) is 16.0 Å². The second-order valence-electron chi connectivity index (χ2n) is 7.23. The molecule has 1 aromatic carbocycles. The Balaban J connectivity index is 2.28. The van der Waals surface area contributed by atoms with Crippen LogP contribution in [0.4, 0.5) is 0 Å². The van der Waals surface area contributed by atoms with Crippen LogP contribution in [0.5, 0.6) is 0 Å². The molecule has 1 nitrogen and oxygen atoms in total. The molecule has 1 atom stereocenters. The van der Waals surface area contributed by atoms with E-state index >= 15 is 0 Å². The van der Waals surface area contributed by atoms with Crippen LogP contribution in [0.2, 0.25) is 23.2 Å². The molecule has 0 spiro atoms. The summed E-state index contributed by atoms with van der Waals surface area (Å²) in [4.78, 5) is 0. The van der Waals surface area contributed by atoms with Crippen LogP contribution in [0.25, 0.3) is 5.57 Å². The highest BCUT2D eigenvalue weighted by Crippen LogP contribution is 2.44. The maximum atomic E-state index is 6.65. The Kier molecular flexibility index (Phi) is 5.09. The van der Waals surface area contributed by atoms with E-state index in [1.54, 1.807) is 0 Å². The third-order valence-electron chi connectivity index (χ3n) is 4.64. The molecule has 0 bridgehead atoms. The van der Waals surface area contributed by atoms with Gasteiger partial charge in [-0.05, 0) is 54.2 Å². The monoisotopic (exact) mass is 386 g/mol. The van der Waals surface area contributed by atoms with E-state index in [-0.39, 0.29) is 11.1 Å². The summed E-state index contributed by atoms with van der Waals surface area (Å²) < 4.78 is 7.92. The van der Waals surface area contributed by atoms with Gasteiger partial charge < -0.3 is 4.43 Å². The van der Waals surface area contributed by atoms with Crippen molar-refractivity contribution in [2.45, 2.75) is 57.8 Å². The summed E-state index contributed by atoms with van der Waals surface area (Å²) in [6.45, 7) is 11.5. The quantitative estimate of drug-likeness (QED) is 0.529. The second-order valence-corrected chi connectivity index (χ2v) is 13.4. The molecule has 0 aromatic heterocycles. The van der Waals surface area contributed by atoms with Crippen LogP contribution in [0.15, 0.2) is 28.7 Å². The van der Waals surface area contributed by atoms with Crippen molar-refractivity contribution in [2.24, 2.45) is 0 Å². The van der Waals surface area contributed by atoms with Gasteiger partial charge in [-0.3, -0.25) is 0 Å². The van der Waals surface area contributed by atoms with E-state index in [9.17, 15) is 0 Å². The van der Waals surface area contributed by atoms with E-state index in [0.717, 1.165) is 17.9 Å². The molecule has 0 aliphatic heterocycles. The molecule has 0 radical (unpaired) electrons. The molecule has 1 aliphatic carbocycles. The first-order chi connectivity index (χ1) is 9.62. The smallest absolute Gasteiger partial charge is 0.192 e. The molecule has 1 unspecified atom stereocenters. The molecule has 0 saturated carbocycles. The third-order valence-corrected chi connectivity index (χ3v) is 10.2. The largest absolute Gasteiger partial charge is 0.410 e. The van der Waals surface area contributed by atoms with Crippen molar-refractivity contribution in [1.82, 2.24) is 0 Å². The average molecular weight is 388 g/mol. The molecule has 0 N–H and O–H groups in total. The van der Waals surface area contributed by atoms with Crippen molar-refractivity contribution in [3.63, 3.8) is 0 Å². The van der Waals surface area contributed by atoms with Gasteiger partial charge in [-0.15, -0.1) is 0 Å². The maximum absolute atomic E-state index is 6.65. The lowest BCUT2D eigenvalue weighted by atomic mass is 10.0.